The molecule has 164 valence electrons. The summed E-state index contributed by atoms with van der Waals surface area (Å²) in [7, 11) is 0. The fraction of sp³-hybridized carbons (Fsp3) is 0.857. The predicted octanol–water partition coefficient (Wildman–Crippen LogP) is 9.61. The Bertz CT molecular complexity index is 491. The average molecular weight is 389 g/mol. The molecule has 0 saturated heterocycles. The average Bonchev–Trinajstić information content (AvgIpc) is 2.52. The van der Waals surface area contributed by atoms with Crippen molar-refractivity contribution < 1.29 is 0 Å². The minimum absolute atomic E-state index is 0.392. The molecule has 0 aromatic carbocycles. The van der Waals surface area contributed by atoms with Crippen LogP contribution in [0.3, 0.4) is 0 Å². The number of allylic oxidation sites excluding steroid dienone is 4. The van der Waals surface area contributed by atoms with E-state index in [4.69, 9.17) is 0 Å². The van der Waals surface area contributed by atoms with Gasteiger partial charge < -0.3 is 0 Å². The molecule has 0 radical (unpaired) electrons. The Balaban J connectivity index is 0.000000280. The third-order valence-electron chi connectivity index (χ3n) is 7.20. The zero-order valence-electron chi connectivity index (χ0n) is 21.6. The first-order valence-electron chi connectivity index (χ1n) is 11.8. The normalized spacial score (nSPS) is 24.7. The van der Waals surface area contributed by atoms with Crippen LogP contribution in [0.5, 0.6) is 0 Å². The third kappa shape index (κ3) is 8.08. The molecule has 0 aliphatic heterocycles. The molecular formula is C28H52. The first-order valence-corrected chi connectivity index (χ1v) is 11.8. The molecule has 2 aliphatic carbocycles. The summed E-state index contributed by atoms with van der Waals surface area (Å²) >= 11 is 0. The monoisotopic (exact) mass is 388 g/mol. The smallest absolute Gasteiger partial charge is 0.0173 e. The van der Waals surface area contributed by atoms with Gasteiger partial charge in [-0.3, -0.25) is 0 Å². The van der Waals surface area contributed by atoms with Crippen molar-refractivity contribution in [1.29, 1.82) is 0 Å². The Kier molecular flexibility index (Phi) is 8.29. The molecule has 0 saturated carbocycles. The van der Waals surface area contributed by atoms with Crippen LogP contribution < -0.4 is 0 Å². The van der Waals surface area contributed by atoms with Gasteiger partial charge in [0.1, 0.15) is 0 Å². The van der Waals surface area contributed by atoms with Crippen molar-refractivity contribution in [2.24, 2.45) is 33.5 Å². The first kappa shape index (κ1) is 25.5. The fourth-order valence-corrected chi connectivity index (χ4v) is 4.60. The molecular weight excluding hydrogens is 336 g/mol. The summed E-state index contributed by atoms with van der Waals surface area (Å²) in [6.07, 6.45) is 13.0. The van der Waals surface area contributed by atoms with Gasteiger partial charge in [-0.15, -0.1) is 0 Å². The lowest BCUT2D eigenvalue weighted by atomic mass is 9.69. The topological polar surface area (TPSA) is 0 Å². The lowest BCUT2D eigenvalue weighted by Crippen LogP contribution is -2.24. The van der Waals surface area contributed by atoms with Gasteiger partial charge in [0, 0.05) is 0 Å². The van der Waals surface area contributed by atoms with Gasteiger partial charge in [-0.25, -0.2) is 0 Å². The maximum absolute atomic E-state index is 2.50. The van der Waals surface area contributed by atoms with Crippen LogP contribution in [0.4, 0.5) is 0 Å². The van der Waals surface area contributed by atoms with Gasteiger partial charge >= 0.3 is 0 Å². The standard InChI is InChI=1S/2C14H26/c2*1-13(2,3)11-7-9-12(10-8-11)14(4,5)6/h2*7,12H,8-10H2,1-6H3. The van der Waals surface area contributed by atoms with Crippen LogP contribution in [0.2, 0.25) is 0 Å². The van der Waals surface area contributed by atoms with Gasteiger partial charge in [-0.2, -0.15) is 0 Å². The summed E-state index contributed by atoms with van der Waals surface area (Å²) < 4.78 is 0. The van der Waals surface area contributed by atoms with Crippen molar-refractivity contribution in [3.05, 3.63) is 23.3 Å². The van der Waals surface area contributed by atoms with Crippen LogP contribution in [0.1, 0.15) is 122 Å². The molecule has 0 fully saturated rings. The summed E-state index contributed by atoms with van der Waals surface area (Å²) in [5.74, 6) is 1.77. The van der Waals surface area contributed by atoms with E-state index in [1.807, 2.05) is 0 Å². The van der Waals surface area contributed by atoms with Crippen molar-refractivity contribution in [3.63, 3.8) is 0 Å². The Hall–Kier alpha value is -0.520. The maximum atomic E-state index is 2.50. The molecule has 0 aromatic rings. The van der Waals surface area contributed by atoms with Crippen LogP contribution in [0, 0.1) is 33.5 Å². The molecule has 2 rings (SSSR count). The molecule has 0 N–H and O–H groups in total. The molecule has 0 heterocycles. The molecule has 0 aromatic heterocycles. The Morgan fingerprint density at radius 3 is 0.964 bits per heavy atom. The van der Waals surface area contributed by atoms with Crippen LogP contribution >= 0.6 is 0 Å². The van der Waals surface area contributed by atoms with Crippen molar-refractivity contribution in [1.82, 2.24) is 0 Å². The van der Waals surface area contributed by atoms with Crippen LogP contribution in [0.25, 0.3) is 0 Å². The van der Waals surface area contributed by atoms with Gasteiger partial charge in [0.05, 0.1) is 0 Å². The first-order chi connectivity index (χ1) is 12.4. The van der Waals surface area contributed by atoms with Crippen LogP contribution in [-0.4, -0.2) is 0 Å². The molecule has 2 unspecified atom stereocenters. The van der Waals surface area contributed by atoms with E-state index in [1.165, 1.54) is 38.5 Å². The zero-order valence-corrected chi connectivity index (χ0v) is 21.6. The number of hydrogen-bond acceptors (Lipinski definition) is 0. The molecule has 0 heteroatoms. The summed E-state index contributed by atoms with van der Waals surface area (Å²) in [5.41, 5.74) is 5.09. The quantitative estimate of drug-likeness (QED) is 0.362. The zero-order chi connectivity index (χ0) is 22.0. The van der Waals surface area contributed by atoms with Crippen LogP contribution in [0.15, 0.2) is 23.3 Å². The SMILES string of the molecule is CC(C)(C)C1=CCC(C(C)(C)C)CC1.CC(C)(C)C1=CCC(C(C)(C)C)CC1. The number of hydrogen-bond donors (Lipinski definition) is 0. The molecule has 28 heavy (non-hydrogen) atoms. The largest absolute Gasteiger partial charge is 0.0845 e. The summed E-state index contributed by atoms with van der Waals surface area (Å²) in [6.45, 7) is 28.2. The van der Waals surface area contributed by atoms with E-state index in [0.717, 1.165) is 11.8 Å². The van der Waals surface area contributed by atoms with E-state index in [2.05, 4.69) is 95.2 Å². The van der Waals surface area contributed by atoms with E-state index in [-0.39, 0.29) is 0 Å². The van der Waals surface area contributed by atoms with Crippen molar-refractivity contribution in [3.8, 4) is 0 Å². The lowest BCUT2D eigenvalue weighted by Gasteiger charge is -2.36. The van der Waals surface area contributed by atoms with Gasteiger partial charge in [-0.05, 0) is 72.0 Å². The van der Waals surface area contributed by atoms with Crippen molar-refractivity contribution in [2.75, 3.05) is 0 Å². The second kappa shape index (κ2) is 9.09. The number of rotatable bonds is 0. The van der Waals surface area contributed by atoms with E-state index >= 15 is 0 Å². The van der Waals surface area contributed by atoms with Gasteiger partial charge in [0.2, 0.25) is 0 Å². The van der Waals surface area contributed by atoms with E-state index in [0.29, 0.717) is 21.7 Å². The van der Waals surface area contributed by atoms with E-state index in [1.54, 1.807) is 11.1 Å². The molecule has 0 spiro atoms. The van der Waals surface area contributed by atoms with Gasteiger partial charge in [0.25, 0.3) is 0 Å². The van der Waals surface area contributed by atoms with Gasteiger partial charge in [-0.1, -0.05) is 106 Å². The Morgan fingerprint density at radius 1 is 0.536 bits per heavy atom. The minimum atomic E-state index is 0.392. The second-order valence-electron chi connectivity index (χ2n) is 13.6. The van der Waals surface area contributed by atoms with E-state index in [9.17, 15) is 0 Å². The van der Waals surface area contributed by atoms with E-state index < -0.39 is 0 Å². The van der Waals surface area contributed by atoms with Gasteiger partial charge in [0.15, 0.2) is 0 Å². The highest BCUT2D eigenvalue weighted by molar-refractivity contribution is 5.15. The van der Waals surface area contributed by atoms with Crippen molar-refractivity contribution in [2.45, 2.75) is 122 Å². The third-order valence-corrected chi connectivity index (χ3v) is 7.20. The summed E-state index contributed by atoms with van der Waals surface area (Å²) in [4.78, 5) is 0. The molecule has 0 bridgehead atoms. The highest BCUT2D eigenvalue weighted by Crippen LogP contribution is 2.42. The minimum Gasteiger partial charge on any atom is -0.0845 e. The Morgan fingerprint density at radius 2 is 0.821 bits per heavy atom. The summed E-state index contributed by atoms with van der Waals surface area (Å²) in [5, 5.41) is 0. The predicted molar refractivity (Wildman–Crippen MR) is 129 cm³/mol. The van der Waals surface area contributed by atoms with Crippen molar-refractivity contribution >= 4 is 0 Å². The molecule has 0 nitrogen and oxygen atoms in total. The van der Waals surface area contributed by atoms with Crippen LogP contribution in [-0.2, 0) is 0 Å². The molecule has 2 atom stereocenters. The highest BCUT2D eigenvalue weighted by atomic mass is 14.3. The fourth-order valence-electron chi connectivity index (χ4n) is 4.60. The maximum Gasteiger partial charge on any atom is -0.0173 e. The Labute approximate surface area is 178 Å². The molecule has 0 amide bonds. The molecule has 2 aliphatic rings. The summed E-state index contributed by atoms with van der Waals surface area (Å²) in [6, 6.07) is 0. The highest BCUT2D eigenvalue weighted by Gasteiger charge is 2.30. The second-order valence-corrected chi connectivity index (χ2v) is 13.6. The lowest BCUT2D eigenvalue weighted by molar-refractivity contribution is 0.214.